The first-order valence-electron chi connectivity index (χ1n) is 2.33. The number of phenolic OH excluding ortho intramolecular Hbond substituents is 1. The highest BCUT2D eigenvalue weighted by Crippen LogP contribution is 2.15. The van der Waals surface area contributed by atoms with Crippen molar-refractivity contribution in [2.45, 2.75) is 0 Å². The summed E-state index contributed by atoms with van der Waals surface area (Å²) in [4.78, 5) is 0. The van der Waals surface area contributed by atoms with E-state index in [4.69, 9.17) is 5.11 Å². The summed E-state index contributed by atoms with van der Waals surface area (Å²) in [5.41, 5.74) is 0. The number of phenols is 1. The summed E-state index contributed by atoms with van der Waals surface area (Å²) >= 11 is 1.93. The van der Waals surface area contributed by atoms with Gasteiger partial charge in [-0.05, 0) is 34.7 Å². The fourth-order valence-corrected chi connectivity index (χ4v) is 1.16. The smallest absolute Gasteiger partial charge is 0.127 e. The predicted octanol–water partition coefficient (Wildman–Crippen LogP) is 2.14. The molecule has 1 rings (SSSR count). The largest absolute Gasteiger partial charge is 0.508 e. The number of halogens is 2. The van der Waals surface area contributed by atoms with Gasteiger partial charge in [-0.1, -0.05) is 0 Å². The molecule has 0 amide bonds. The third-order valence-corrected chi connectivity index (χ3v) is 1.47. The van der Waals surface area contributed by atoms with E-state index in [1.807, 2.05) is 22.6 Å². The minimum Gasteiger partial charge on any atom is -0.508 e. The first-order chi connectivity index (χ1) is 4.18. The molecule has 0 aromatic heterocycles. The Labute approximate surface area is 65.7 Å². The van der Waals surface area contributed by atoms with Crippen molar-refractivity contribution in [3.05, 3.63) is 27.6 Å². The van der Waals surface area contributed by atoms with Crippen LogP contribution in [0.4, 0.5) is 4.39 Å². The number of benzene rings is 1. The van der Waals surface area contributed by atoms with Gasteiger partial charge in [0.25, 0.3) is 0 Å². The van der Waals surface area contributed by atoms with E-state index in [2.05, 4.69) is 0 Å². The van der Waals surface area contributed by atoms with Gasteiger partial charge in [-0.15, -0.1) is 0 Å². The zero-order valence-electron chi connectivity index (χ0n) is 4.44. The van der Waals surface area contributed by atoms with Crippen LogP contribution in [0.2, 0.25) is 0 Å². The Morgan fingerprint density at radius 1 is 1.33 bits per heavy atom. The van der Waals surface area contributed by atoms with Gasteiger partial charge < -0.3 is 5.11 Å². The Bertz CT molecular complexity index is 174. The monoisotopic (exact) mass is 238 g/mol. The second kappa shape index (κ2) is 2.51. The molecule has 9 heavy (non-hydrogen) atoms. The highest BCUT2D eigenvalue weighted by molar-refractivity contribution is 14.1. The van der Waals surface area contributed by atoms with Crippen LogP contribution in [0.5, 0.6) is 5.75 Å². The van der Waals surface area contributed by atoms with Crippen molar-refractivity contribution in [2.24, 2.45) is 0 Å². The number of hydrogen-bond acceptors (Lipinski definition) is 1. The Morgan fingerprint density at radius 2 is 2.00 bits per heavy atom. The minimum atomic E-state index is -0.403. The van der Waals surface area contributed by atoms with Crippen LogP contribution in [0.15, 0.2) is 18.2 Å². The van der Waals surface area contributed by atoms with Crippen molar-refractivity contribution in [1.82, 2.24) is 0 Å². The molecule has 0 unspecified atom stereocenters. The van der Waals surface area contributed by atoms with E-state index in [1.165, 1.54) is 12.1 Å². The van der Waals surface area contributed by atoms with Gasteiger partial charge in [0.1, 0.15) is 11.6 Å². The van der Waals surface area contributed by atoms with Crippen LogP contribution in [0, 0.1) is 9.39 Å². The van der Waals surface area contributed by atoms with E-state index >= 15 is 0 Å². The quantitative estimate of drug-likeness (QED) is 0.686. The molecule has 0 radical (unpaired) electrons. The maximum atomic E-state index is 12.3. The Hall–Kier alpha value is -0.320. The van der Waals surface area contributed by atoms with Crippen LogP contribution in [0.3, 0.4) is 0 Å². The average Bonchev–Trinajstić information content (AvgIpc) is 1.59. The molecule has 0 bridgehead atoms. The maximum Gasteiger partial charge on any atom is 0.127 e. The summed E-state index contributed by atoms with van der Waals surface area (Å²) in [6.45, 7) is 0. The second-order valence-corrected chi connectivity index (χ2v) is 2.87. The van der Waals surface area contributed by atoms with Crippen LogP contribution >= 0.6 is 22.6 Å². The lowest BCUT2D eigenvalue weighted by Crippen LogP contribution is -1.74. The predicted molar refractivity (Wildman–Crippen MR) is 40.8 cm³/mol. The molecule has 0 heterocycles. The fourth-order valence-electron chi connectivity index (χ4n) is 0.539. The fraction of sp³-hybridized carbons (Fsp3) is 0. The Balaban J connectivity index is 3.17. The highest BCUT2D eigenvalue weighted by atomic mass is 127. The van der Waals surface area contributed by atoms with Gasteiger partial charge in [-0.3, -0.25) is 0 Å². The molecule has 0 aliphatic rings. The van der Waals surface area contributed by atoms with Gasteiger partial charge in [0.15, 0.2) is 0 Å². The van der Waals surface area contributed by atoms with Crippen molar-refractivity contribution >= 4 is 22.6 Å². The summed E-state index contributed by atoms with van der Waals surface area (Å²) in [6.07, 6.45) is 0. The lowest BCUT2D eigenvalue weighted by molar-refractivity contribution is 0.468. The molecule has 48 valence electrons. The summed E-state index contributed by atoms with van der Waals surface area (Å²) < 4.78 is 13.0. The zero-order chi connectivity index (χ0) is 6.85. The lowest BCUT2D eigenvalue weighted by Gasteiger charge is -1.91. The molecule has 1 N–H and O–H groups in total. The lowest BCUT2D eigenvalue weighted by atomic mass is 10.3. The normalized spacial score (nSPS) is 9.56. The van der Waals surface area contributed by atoms with Crippen LogP contribution in [0.1, 0.15) is 0 Å². The number of hydrogen-bond donors (Lipinski definition) is 1. The number of aromatic hydroxyl groups is 1. The molecular formula is C6H4FIO. The molecule has 0 fully saturated rings. The number of rotatable bonds is 0. The zero-order valence-corrected chi connectivity index (χ0v) is 6.59. The molecule has 0 spiro atoms. The molecule has 0 atom stereocenters. The minimum absolute atomic E-state index is 0.0283. The van der Waals surface area contributed by atoms with Crippen LogP contribution in [-0.2, 0) is 0 Å². The van der Waals surface area contributed by atoms with Gasteiger partial charge in [-0.25, -0.2) is 4.39 Å². The van der Waals surface area contributed by atoms with Gasteiger partial charge >= 0.3 is 0 Å². The molecule has 0 saturated heterocycles. The van der Waals surface area contributed by atoms with E-state index in [-0.39, 0.29) is 5.75 Å². The highest BCUT2D eigenvalue weighted by Gasteiger charge is 1.94. The average molecular weight is 238 g/mol. The summed E-state index contributed by atoms with van der Waals surface area (Å²) in [7, 11) is 0. The topological polar surface area (TPSA) is 20.2 Å². The summed E-state index contributed by atoms with van der Waals surface area (Å²) in [6, 6.07) is 3.91. The molecule has 0 saturated carbocycles. The first-order valence-corrected chi connectivity index (χ1v) is 3.41. The van der Waals surface area contributed by atoms with E-state index < -0.39 is 5.82 Å². The van der Waals surface area contributed by atoms with Gasteiger partial charge in [0.05, 0.1) is 0 Å². The third-order valence-electron chi connectivity index (χ3n) is 0.847. The van der Waals surface area contributed by atoms with Crippen LogP contribution in [0.25, 0.3) is 0 Å². The van der Waals surface area contributed by atoms with Crippen LogP contribution < -0.4 is 0 Å². The molecule has 1 aromatic carbocycles. The van der Waals surface area contributed by atoms with E-state index in [9.17, 15) is 4.39 Å². The SMILES string of the molecule is Oc1cc(F)cc(I)c1. The molecule has 3 heteroatoms. The van der Waals surface area contributed by atoms with Gasteiger partial charge in [0.2, 0.25) is 0 Å². The van der Waals surface area contributed by atoms with Crippen molar-refractivity contribution in [2.75, 3.05) is 0 Å². The van der Waals surface area contributed by atoms with Crippen LogP contribution in [-0.4, -0.2) is 5.11 Å². The van der Waals surface area contributed by atoms with Crippen molar-refractivity contribution in [3.8, 4) is 5.75 Å². The summed E-state index contributed by atoms with van der Waals surface area (Å²) in [5.74, 6) is -0.432. The molecule has 0 aliphatic heterocycles. The van der Waals surface area contributed by atoms with Crippen molar-refractivity contribution in [1.29, 1.82) is 0 Å². The molecular weight excluding hydrogens is 234 g/mol. The van der Waals surface area contributed by atoms with Crippen molar-refractivity contribution in [3.63, 3.8) is 0 Å². The van der Waals surface area contributed by atoms with E-state index in [1.54, 1.807) is 0 Å². The molecule has 0 aliphatic carbocycles. The standard InChI is InChI=1S/C6H4FIO/c7-4-1-5(8)3-6(9)2-4/h1-3,9H. The van der Waals surface area contributed by atoms with Gasteiger partial charge in [0, 0.05) is 9.64 Å². The second-order valence-electron chi connectivity index (χ2n) is 1.63. The third kappa shape index (κ3) is 1.82. The van der Waals surface area contributed by atoms with E-state index in [0.717, 1.165) is 6.07 Å². The summed E-state index contributed by atoms with van der Waals surface area (Å²) in [5, 5.41) is 8.75. The maximum absolute atomic E-state index is 12.3. The first kappa shape index (κ1) is 6.80. The Morgan fingerprint density at radius 3 is 2.44 bits per heavy atom. The van der Waals surface area contributed by atoms with Crippen molar-refractivity contribution < 1.29 is 9.50 Å². The molecule has 1 aromatic rings. The molecule has 1 nitrogen and oxygen atoms in total. The van der Waals surface area contributed by atoms with E-state index in [0.29, 0.717) is 3.57 Å². The Kier molecular flexibility index (Phi) is 1.90. The van der Waals surface area contributed by atoms with Gasteiger partial charge in [-0.2, -0.15) is 0 Å².